The number of morpholine rings is 1. The third-order valence-corrected chi connectivity index (χ3v) is 6.29. The zero-order valence-electron chi connectivity index (χ0n) is 16.0. The fraction of sp³-hybridized carbons (Fsp3) is 0.435. The molecule has 0 N–H and O–H groups in total. The first-order chi connectivity index (χ1) is 13.8. The Labute approximate surface area is 165 Å². The molecule has 2 aliphatic heterocycles. The standard InChI is InChI=1S/C23H26N2O3/c26-23(28-16-17-4-2-1-3-5-17)25-9-8-18-14-22(25)21-15-19(6-7-20(18)21)24-10-12-27-13-11-24/h1-7,15,18,22H,8-14,16H2/t18-,22+/m1/s1. The second kappa shape index (κ2) is 7.47. The Hall–Kier alpha value is -2.53. The predicted octanol–water partition coefficient (Wildman–Crippen LogP) is 4.09. The number of nitrogens with zero attached hydrogens (tertiary/aromatic N) is 2. The summed E-state index contributed by atoms with van der Waals surface area (Å²) in [5.74, 6) is 0.567. The van der Waals surface area contributed by atoms with Crippen molar-refractivity contribution in [1.82, 2.24) is 4.90 Å². The fourth-order valence-corrected chi connectivity index (χ4v) is 4.80. The van der Waals surface area contributed by atoms with E-state index in [1.807, 2.05) is 35.2 Å². The molecule has 2 atom stereocenters. The van der Waals surface area contributed by atoms with E-state index in [-0.39, 0.29) is 12.1 Å². The van der Waals surface area contributed by atoms with Crippen molar-refractivity contribution in [3.05, 3.63) is 65.2 Å². The van der Waals surface area contributed by atoms with E-state index in [9.17, 15) is 4.79 Å². The number of hydrogen-bond acceptors (Lipinski definition) is 4. The summed E-state index contributed by atoms with van der Waals surface area (Å²) in [4.78, 5) is 17.2. The molecule has 2 saturated heterocycles. The molecule has 1 aliphatic carbocycles. The number of hydrogen-bond donors (Lipinski definition) is 0. The number of carbonyl (C=O) groups is 1. The largest absolute Gasteiger partial charge is 0.445 e. The van der Waals surface area contributed by atoms with E-state index < -0.39 is 0 Å². The minimum atomic E-state index is -0.197. The van der Waals surface area contributed by atoms with Crippen molar-refractivity contribution in [2.75, 3.05) is 37.7 Å². The monoisotopic (exact) mass is 378 g/mol. The molecular formula is C23H26N2O3. The molecule has 3 aliphatic rings. The summed E-state index contributed by atoms with van der Waals surface area (Å²) in [6, 6.07) is 16.8. The lowest BCUT2D eigenvalue weighted by Gasteiger charge is -2.33. The average Bonchev–Trinajstić information content (AvgIpc) is 3.05. The summed E-state index contributed by atoms with van der Waals surface area (Å²) in [6.07, 6.45) is 1.83. The molecule has 2 aromatic rings. The van der Waals surface area contributed by atoms with Crippen molar-refractivity contribution in [3.8, 4) is 0 Å². The first-order valence-corrected chi connectivity index (χ1v) is 10.2. The van der Waals surface area contributed by atoms with E-state index in [1.54, 1.807) is 0 Å². The van der Waals surface area contributed by atoms with Gasteiger partial charge in [-0.25, -0.2) is 4.79 Å². The molecule has 5 rings (SSSR count). The maximum absolute atomic E-state index is 12.8. The number of rotatable bonds is 3. The van der Waals surface area contributed by atoms with Gasteiger partial charge in [0.2, 0.25) is 0 Å². The number of fused-ring (bicyclic) bond motifs is 5. The zero-order chi connectivity index (χ0) is 18.9. The smallest absolute Gasteiger partial charge is 0.410 e. The molecule has 1 amide bonds. The molecule has 146 valence electrons. The number of carbonyl (C=O) groups excluding carboxylic acids is 1. The highest BCUT2D eigenvalue weighted by molar-refractivity contribution is 5.70. The Morgan fingerprint density at radius 1 is 1.04 bits per heavy atom. The van der Waals surface area contributed by atoms with Gasteiger partial charge >= 0.3 is 6.09 Å². The van der Waals surface area contributed by atoms with Gasteiger partial charge in [0.25, 0.3) is 0 Å². The zero-order valence-corrected chi connectivity index (χ0v) is 16.0. The van der Waals surface area contributed by atoms with Gasteiger partial charge < -0.3 is 19.3 Å². The molecular weight excluding hydrogens is 352 g/mol. The number of ether oxygens (including phenoxy) is 2. The second-order valence-electron chi connectivity index (χ2n) is 7.88. The number of amides is 1. The van der Waals surface area contributed by atoms with Crippen LogP contribution in [0, 0.1) is 0 Å². The van der Waals surface area contributed by atoms with E-state index in [4.69, 9.17) is 9.47 Å². The molecule has 2 fully saturated rings. The third-order valence-electron chi connectivity index (χ3n) is 6.29. The highest BCUT2D eigenvalue weighted by Crippen LogP contribution is 2.50. The lowest BCUT2D eigenvalue weighted by molar-refractivity contribution is 0.0694. The Bertz CT molecular complexity index is 848. The van der Waals surface area contributed by atoms with Crippen LogP contribution in [0.15, 0.2) is 48.5 Å². The summed E-state index contributed by atoms with van der Waals surface area (Å²) in [5.41, 5.74) is 4.99. The maximum atomic E-state index is 12.8. The van der Waals surface area contributed by atoms with Gasteiger partial charge in [-0.1, -0.05) is 36.4 Å². The summed E-state index contributed by atoms with van der Waals surface area (Å²) < 4.78 is 11.1. The SMILES string of the molecule is O=C(OCc1ccccc1)N1CC[C@@H]2C[C@H]1c1cc(N3CCOCC3)ccc12. The lowest BCUT2D eigenvalue weighted by Crippen LogP contribution is -2.38. The molecule has 0 aromatic heterocycles. The van der Waals surface area contributed by atoms with Crippen LogP contribution < -0.4 is 4.90 Å². The summed E-state index contributed by atoms with van der Waals surface area (Å²) in [5, 5.41) is 0. The molecule has 0 radical (unpaired) electrons. The van der Waals surface area contributed by atoms with E-state index in [0.717, 1.165) is 51.3 Å². The van der Waals surface area contributed by atoms with Crippen LogP contribution in [-0.2, 0) is 16.1 Å². The lowest BCUT2D eigenvalue weighted by atomic mass is 9.96. The molecule has 0 unspecified atom stereocenters. The Kier molecular flexibility index (Phi) is 4.69. The first-order valence-electron chi connectivity index (χ1n) is 10.2. The predicted molar refractivity (Wildman–Crippen MR) is 108 cm³/mol. The maximum Gasteiger partial charge on any atom is 0.410 e. The highest BCUT2D eigenvalue weighted by Gasteiger charge is 2.41. The van der Waals surface area contributed by atoms with Crippen molar-refractivity contribution in [2.24, 2.45) is 0 Å². The minimum absolute atomic E-state index is 0.137. The van der Waals surface area contributed by atoms with Gasteiger partial charge in [-0.15, -0.1) is 0 Å². The van der Waals surface area contributed by atoms with E-state index in [2.05, 4.69) is 23.1 Å². The molecule has 28 heavy (non-hydrogen) atoms. The highest BCUT2D eigenvalue weighted by atomic mass is 16.6. The Morgan fingerprint density at radius 2 is 1.86 bits per heavy atom. The van der Waals surface area contributed by atoms with Crippen LogP contribution in [0.3, 0.4) is 0 Å². The van der Waals surface area contributed by atoms with E-state index >= 15 is 0 Å². The van der Waals surface area contributed by atoms with Gasteiger partial charge in [0.05, 0.1) is 19.3 Å². The molecule has 0 spiro atoms. The van der Waals surface area contributed by atoms with Crippen LogP contribution in [0.1, 0.15) is 41.5 Å². The Balaban J connectivity index is 1.33. The van der Waals surface area contributed by atoms with Gasteiger partial charge in [-0.2, -0.15) is 0 Å². The molecule has 5 heteroatoms. The number of likely N-dealkylation sites (tertiary alicyclic amines) is 1. The van der Waals surface area contributed by atoms with Gasteiger partial charge in [0, 0.05) is 25.3 Å². The molecule has 5 nitrogen and oxygen atoms in total. The van der Waals surface area contributed by atoms with Crippen LogP contribution in [-0.4, -0.2) is 43.8 Å². The minimum Gasteiger partial charge on any atom is -0.445 e. The van der Waals surface area contributed by atoms with E-state index in [0.29, 0.717) is 12.5 Å². The summed E-state index contributed by atoms with van der Waals surface area (Å²) in [6.45, 7) is 4.51. The van der Waals surface area contributed by atoms with Crippen molar-refractivity contribution < 1.29 is 14.3 Å². The van der Waals surface area contributed by atoms with Crippen LogP contribution in [0.4, 0.5) is 10.5 Å². The van der Waals surface area contributed by atoms with Crippen LogP contribution in [0.25, 0.3) is 0 Å². The van der Waals surface area contributed by atoms with Crippen molar-refractivity contribution in [1.29, 1.82) is 0 Å². The van der Waals surface area contributed by atoms with E-state index in [1.165, 1.54) is 16.8 Å². The van der Waals surface area contributed by atoms with Gasteiger partial charge in [0.1, 0.15) is 6.61 Å². The third kappa shape index (κ3) is 3.24. The Morgan fingerprint density at radius 3 is 2.68 bits per heavy atom. The van der Waals surface area contributed by atoms with Crippen molar-refractivity contribution >= 4 is 11.8 Å². The average molecular weight is 378 g/mol. The molecule has 0 saturated carbocycles. The first kappa shape index (κ1) is 17.6. The van der Waals surface area contributed by atoms with Crippen LogP contribution in [0.5, 0.6) is 0 Å². The normalized spacial score (nSPS) is 23.4. The summed E-state index contributed by atoms with van der Waals surface area (Å²) >= 11 is 0. The second-order valence-corrected chi connectivity index (χ2v) is 7.88. The number of piperidine rings is 1. The van der Waals surface area contributed by atoms with Crippen LogP contribution >= 0.6 is 0 Å². The molecule has 2 aromatic carbocycles. The van der Waals surface area contributed by atoms with Gasteiger partial charge in [-0.3, -0.25) is 0 Å². The van der Waals surface area contributed by atoms with Crippen molar-refractivity contribution in [2.45, 2.75) is 31.4 Å². The van der Waals surface area contributed by atoms with Gasteiger partial charge in [0.15, 0.2) is 0 Å². The summed E-state index contributed by atoms with van der Waals surface area (Å²) in [7, 11) is 0. The number of benzene rings is 2. The van der Waals surface area contributed by atoms with Crippen LogP contribution in [0.2, 0.25) is 0 Å². The van der Waals surface area contributed by atoms with Gasteiger partial charge in [-0.05, 0) is 47.6 Å². The fourth-order valence-electron chi connectivity index (χ4n) is 4.80. The number of anilines is 1. The quantitative estimate of drug-likeness (QED) is 0.807. The molecule has 2 bridgehead atoms. The topological polar surface area (TPSA) is 42.0 Å². The van der Waals surface area contributed by atoms with Crippen molar-refractivity contribution in [3.63, 3.8) is 0 Å². The molecule has 2 heterocycles.